The molecular formula is C11H17NO2S. The van der Waals surface area contributed by atoms with Gasteiger partial charge >= 0.3 is 0 Å². The van der Waals surface area contributed by atoms with Gasteiger partial charge in [-0.15, -0.1) is 0 Å². The fourth-order valence-corrected chi connectivity index (χ4v) is 1.68. The molecule has 0 spiro atoms. The monoisotopic (exact) mass is 227 g/mol. The highest BCUT2D eigenvalue weighted by Gasteiger charge is 2.17. The van der Waals surface area contributed by atoms with Crippen LogP contribution in [0.2, 0.25) is 0 Å². The predicted octanol–water partition coefficient (Wildman–Crippen LogP) is 0.860. The van der Waals surface area contributed by atoms with Crippen molar-refractivity contribution in [2.24, 2.45) is 5.73 Å². The van der Waals surface area contributed by atoms with Crippen LogP contribution in [0.1, 0.15) is 23.7 Å². The molecule has 0 aliphatic heterocycles. The molecule has 0 saturated heterocycles. The molecule has 0 aromatic heterocycles. The standard InChI is InChI=1S/C11H17NO2S/c12-7-8-2-1-3-9(6-8)11(14)10(13)4-5-15/h1-3,6,10-11,13-15H,4-5,7,12H2. The molecule has 4 N–H and O–H groups in total. The molecule has 1 aromatic rings. The van der Waals surface area contributed by atoms with E-state index in [-0.39, 0.29) is 0 Å². The van der Waals surface area contributed by atoms with Crippen molar-refractivity contribution in [3.05, 3.63) is 35.4 Å². The van der Waals surface area contributed by atoms with Gasteiger partial charge in [0.05, 0.1) is 6.10 Å². The molecule has 2 unspecified atom stereocenters. The van der Waals surface area contributed by atoms with Crippen LogP contribution in [0, 0.1) is 0 Å². The third-order valence-corrected chi connectivity index (χ3v) is 2.58. The van der Waals surface area contributed by atoms with E-state index < -0.39 is 12.2 Å². The summed E-state index contributed by atoms with van der Waals surface area (Å²) in [6.07, 6.45) is -1.16. The molecule has 0 radical (unpaired) electrons. The molecule has 0 amide bonds. The van der Waals surface area contributed by atoms with E-state index in [2.05, 4.69) is 12.6 Å². The molecule has 1 aromatic carbocycles. The van der Waals surface area contributed by atoms with E-state index in [1.807, 2.05) is 18.2 Å². The summed E-state index contributed by atoms with van der Waals surface area (Å²) in [5.74, 6) is 0.550. The Morgan fingerprint density at radius 1 is 1.33 bits per heavy atom. The highest BCUT2D eigenvalue weighted by Crippen LogP contribution is 2.20. The Hall–Kier alpha value is -0.550. The van der Waals surface area contributed by atoms with Crippen molar-refractivity contribution in [3.8, 4) is 0 Å². The summed E-state index contributed by atoms with van der Waals surface area (Å²) < 4.78 is 0. The van der Waals surface area contributed by atoms with Crippen molar-refractivity contribution < 1.29 is 10.2 Å². The zero-order chi connectivity index (χ0) is 11.3. The van der Waals surface area contributed by atoms with Crippen molar-refractivity contribution >= 4 is 12.6 Å². The molecule has 0 heterocycles. The van der Waals surface area contributed by atoms with Gasteiger partial charge in [0.1, 0.15) is 6.10 Å². The minimum atomic E-state index is -0.858. The van der Waals surface area contributed by atoms with Gasteiger partial charge < -0.3 is 15.9 Å². The molecule has 4 heteroatoms. The van der Waals surface area contributed by atoms with Gasteiger partial charge in [-0.3, -0.25) is 0 Å². The second-order valence-electron chi connectivity index (χ2n) is 3.47. The van der Waals surface area contributed by atoms with Crippen LogP contribution in [-0.4, -0.2) is 22.1 Å². The summed E-state index contributed by atoms with van der Waals surface area (Å²) in [4.78, 5) is 0. The average molecular weight is 227 g/mol. The Morgan fingerprint density at radius 2 is 2.07 bits per heavy atom. The average Bonchev–Trinajstić information content (AvgIpc) is 2.28. The number of thiol groups is 1. The van der Waals surface area contributed by atoms with Gasteiger partial charge in [-0.25, -0.2) is 0 Å². The fourth-order valence-electron chi connectivity index (χ4n) is 1.42. The van der Waals surface area contributed by atoms with Crippen LogP contribution in [0.3, 0.4) is 0 Å². The first kappa shape index (κ1) is 12.5. The van der Waals surface area contributed by atoms with Gasteiger partial charge in [-0.1, -0.05) is 24.3 Å². The second kappa shape index (κ2) is 6.12. The first-order valence-electron chi connectivity index (χ1n) is 4.95. The summed E-state index contributed by atoms with van der Waals surface area (Å²) in [7, 11) is 0. The SMILES string of the molecule is NCc1cccc(C(O)C(O)CCS)c1. The van der Waals surface area contributed by atoms with Gasteiger partial charge in [-0.05, 0) is 23.3 Å². The van der Waals surface area contributed by atoms with Crippen LogP contribution in [0.25, 0.3) is 0 Å². The minimum Gasteiger partial charge on any atom is -0.390 e. The lowest BCUT2D eigenvalue weighted by Gasteiger charge is -2.17. The third-order valence-electron chi connectivity index (χ3n) is 2.32. The van der Waals surface area contributed by atoms with E-state index >= 15 is 0 Å². The first-order valence-corrected chi connectivity index (χ1v) is 5.58. The van der Waals surface area contributed by atoms with Crippen LogP contribution < -0.4 is 5.73 Å². The number of hydrogen-bond donors (Lipinski definition) is 4. The van der Waals surface area contributed by atoms with Crippen LogP contribution in [0.15, 0.2) is 24.3 Å². The second-order valence-corrected chi connectivity index (χ2v) is 3.92. The maximum atomic E-state index is 9.82. The largest absolute Gasteiger partial charge is 0.390 e. The number of benzene rings is 1. The van der Waals surface area contributed by atoms with Crippen LogP contribution in [0.5, 0.6) is 0 Å². The quantitative estimate of drug-likeness (QED) is 0.564. The smallest absolute Gasteiger partial charge is 0.105 e. The molecule has 2 atom stereocenters. The maximum absolute atomic E-state index is 9.82. The first-order chi connectivity index (χ1) is 7.19. The van der Waals surface area contributed by atoms with Gasteiger partial charge in [0.2, 0.25) is 0 Å². The van der Waals surface area contributed by atoms with Gasteiger partial charge in [0, 0.05) is 6.54 Å². The highest BCUT2D eigenvalue weighted by atomic mass is 32.1. The predicted molar refractivity (Wildman–Crippen MR) is 63.8 cm³/mol. The van der Waals surface area contributed by atoms with Gasteiger partial charge in [-0.2, -0.15) is 12.6 Å². The Morgan fingerprint density at radius 3 is 2.67 bits per heavy atom. The van der Waals surface area contributed by atoms with Crippen molar-refractivity contribution in [2.45, 2.75) is 25.2 Å². The Bertz CT molecular complexity index is 306. The van der Waals surface area contributed by atoms with Crippen molar-refractivity contribution in [3.63, 3.8) is 0 Å². The number of aliphatic hydroxyl groups excluding tert-OH is 2. The molecule has 1 rings (SSSR count). The van der Waals surface area contributed by atoms with E-state index in [1.54, 1.807) is 6.07 Å². The molecule has 15 heavy (non-hydrogen) atoms. The minimum absolute atomic E-state index is 0.434. The van der Waals surface area contributed by atoms with Crippen LogP contribution in [-0.2, 0) is 6.54 Å². The Kier molecular flexibility index (Phi) is 5.11. The number of aliphatic hydroxyl groups is 2. The summed E-state index contributed by atoms with van der Waals surface area (Å²) in [5.41, 5.74) is 7.15. The summed E-state index contributed by atoms with van der Waals surface area (Å²) in [5, 5.41) is 19.4. The Labute approximate surface area is 95.3 Å². The lowest BCUT2D eigenvalue weighted by Crippen LogP contribution is -2.18. The topological polar surface area (TPSA) is 66.5 Å². The van der Waals surface area contributed by atoms with Gasteiger partial charge in [0.25, 0.3) is 0 Å². The highest BCUT2D eigenvalue weighted by molar-refractivity contribution is 7.80. The van der Waals surface area contributed by atoms with Crippen molar-refractivity contribution in [2.75, 3.05) is 5.75 Å². The lowest BCUT2D eigenvalue weighted by atomic mass is 10.0. The van der Waals surface area contributed by atoms with Crippen LogP contribution in [0.4, 0.5) is 0 Å². The van der Waals surface area contributed by atoms with E-state index in [9.17, 15) is 10.2 Å². The summed E-state index contributed by atoms with van der Waals surface area (Å²) in [6.45, 7) is 0.434. The van der Waals surface area contributed by atoms with E-state index in [0.29, 0.717) is 24.3 Å². The third kappa shape index (κ3) is 3.50. The molecule has 3 nitrogen and oxygen atoms in total. The molecule has 0 aliphatic rings. The molecule has 0 aliphatic carbocycles. The number of rotatable bonds is 5. The van der Waals surface area contributed by atoms with E-state index in [1.165, 1.54) is 0 Å². The molecular weight excluding hydrogens is 210 g/mol. The summed E-state index contributed by atoms with van der Waals surface area (Å²) in [6, 6.07) is 7.31. The normalized spacial score (nSPS) is 14.9. The fraction of sp³-hybridized carbons (Fsp3) is 0.455. The molecule has 84 valence electrons. The Balaban J connectivity index is 2.76. The number of hydrogen-bond acceptors (Lipinski definition) is 4. The van der Waals surface area contributed by atoms with Crippen molar-refractivity contribution in [1.29, 1.82) is 0 Å². The number of nitrogens with two attached hydrogens (primary N) is 1. The lowest BCUT2D eigenvalue weighted by molar-refractivity contribution is 0.0172. The summed E-state index contributed by atoms with van der Waals surface area (Å²) >= 11 is 4.01. The van der Waals surface area contributed by atoms with E-state index in [0.717, 1.165) is 5.56 Å². The molecule has 0 bridgehead atoms. The van der Waals surface area contributed by atoms with Gasteiger partial charge in [0.15, 0.2) is 0 Å². The zero-order valence-electron chi connectivity index (χ0n) is 8.50. The van der Waals surface area contributed by atoms with Crippen LogP contribution >= 0.6 is 12.6 Å². The van der Waals surface area contributed by atoms with E-state index in [4.69, 9.17) is 5.73 Å². The van der Waals surface area contributed by atoms with Crippen molar-refractivity contribution in [1.82, 2.24) is 0 Å². The maximum Gasteiger partial charge on any atom is 0.105 e. The molecule has 0 saturated carbocycles. The zero-order valence-corrected chi connectivity index (χ0v) is 9.40. The molecule has 0 fully saturated rings.